The summed E-state index contributed by atoms with van der Waals surface area (Å²) in [5.41, 5.74) is 1.76. The first kappa shape index (κ1) is 21.2. The number of amides is 2. The lowest BCUT2D eigenvalue weighted by atomic mass is 10.00. The number of aryl methyl sites for hydroxylation is 1. The standard InChI is InChI=1S/C23H23F2NO2/c1-14(2)11-16(4)22(27)26-23(28)20(12-17-7-5-15(3)6-8-17)19-10-9-18(24)13-21(19)25/h5-10,12-14H,4,11H2,1-3H3,(H,26,27,28)/b20-12+. The van der Waals surface area contributed by atoms with Crippen molar-refractivity contribution < 1.29 is 18.4 Å². The van der Waals surface area contributed by atoms with Gasteiger partial charge in [-0.05, 0) is 43.0 Å². The average Bonchev–Trinajstić information content (AvgIpc) is 2.61. The van der Waals surface area contributed by atoms with Crippen LogP contribution in [-0.2, 0) is 9.59 Å². The minimum Gasteiger partial charge on any atom is -0.288 e. The molecule has 0 bridgehead atoms. The van der Waals surface area contributed by atoms with Crippen LogP contribution in [0.1, 0.15) is 37.0 Å². The highest BCUT2D eigenvalue weighted by atomic mass is 19.1. The maximum absolute atomic E-state index is 14.3. The first-order valence-electron chi connectivity index (χ1n) is 8.94. The van der Waals surface area contributed by atoms with Crippen LogP contribution >= 0.6 is 0 Å². The predicted octanol–water partition coefficient (Wildman–Crippen LogP) is 5.06. The fraction of sp³-hybridized carbons (Fsp3) is 0.217. The van der Waals surface area contributed by atoms with Crippen molar-refractivity contribution in [3.05, 3.63) is 82.9 Å². The third kappa shape index (κ3) is 5.71. The van der Waals surface area contributed by atoms with Gasteiger partial charge in [0.2, 0.25) is 0 Å². The Balaban J connectivity index is 2.40. The zero-order valence-electron chi connectivity index (χ0n) is 16.2. The van der Waals surface area contributed by atoms with Crippen LogP contribution in [-0.4, -0.2) is 11.8 Å². The van der Waals surface area contributed by atoms with Crippen LogP contribution in [0.3, 0.4) is 0 Å². The largest absolute Gasteiger partial charge is 0.288 e. The van der Waals surface area contributed by atoms with Gasteiger partial charge in [-0.15, -0.1) is 0 Å². The lowest BCUT2D eigenvalue weighted by molar-refractivity contribution is -0.125. The molecule has 0 spiro atoms. The van der Waals surface area contributed by atoms with Crippen molar-refractivity contribution in [2.75, 3.05) is 0 Å². The molecule has 0 aliphatic carbocycles. The molecule has 2 amide bonds. The van der Waals surface area contributed by atoms with Gasteiger partial charge in [0, 0.05) is 17.2 Å². The third-order valence-corrected chi connectivity index (χ3v) is 4.06. The van der Waals surface area contributed by atoms with E-state index in [1.54, 1.807) is 12.1 Å². The molecule has 3 nitrogen and oxygen atoms in total. The summed E-state index contributed by atoms with van der Waals surface area (Å²) in [6, 6.07) is 10.2. The molecular weight excluding hydrogens is 360 g/mol. The van der Waals surface area contributed by atoms with E-state index >= 15 is 0 Å². The summed E-state index contributed by atoms with van der Waals surface area (Å²) in [7, 11) is 0. The van der Waals surface area contributed by atoms with Crippen molar-refractivity contribution in [3.63, 3.8) is 0 Å². The minimum absolute atomic E-state index is 0.0768. The van der Waals surface area contributed by atoms with Gasteiger partial charge in [0.25, 0.3) is 11.8 Å². The second-order valence-corrected chi connectivity index (χ2v) is 7.08. The Labute approximate surface area is 163 Å². The molecule has 28 heavy (non-hydrogen) atoms. The quantitative estimate of drug-likeness (QED) is 0.560. The number of halogens is 2. The van der Waals surface area contributed by atoms with Gasteiger partial charge in [0.1, 0.15) is 11.6 Å². The molecule has 2 aromatic carbocycles. The predicted molar refractivity (Wildman–Crippen MR) is 107 cm³/mol. The van der Waals surface area contributed by atoms with E-state index in [0.29, 0.717) is 18.1 Å². The molecule has 5 heteroatoms. The molecule has 0 aliphatic rings. The molecule has 2 rings (SSSR count). The molecule has 0 saturated heterocycles. The van der Waals surface area contributed by atoms with E-state index in [0.717, 1.165) is 11.6 Å². The summed E-state index contributed by atoms with van der Waals surface area (Å²) < 4.78 is 27.6. The van der Waals surface area contributed by atoms with E-state index in [-0.39, 0.29) is 22.6 Å². The molecule has 0 radical (unpaired) electrons. The molecule has 0 unspecified atom stereocenters. The molecule has 1 N–H and O–H groups in total. The first-order chi connectivity index (χ1) is 13.2. The molecule has 0 atom stereocenters. The number of carbonyl (C=O) groups excluding carboxylic acids is 2. The van der Waals surface area contributed by atoms with Gasteiger partial charge in [-0.2, -0.15) is 0 Å². The van der Waals surface area contributed by atoms with E-state index in [2.05, 4.69) is 11.9 Å². The van der Waals surface area contributed by atoms with Crippen LogP contribution in [0.5, 0.6) is 0 Å². The average molecular weight is 383 g/mol. The maximum atomic E-state index is 14.3. The number of hydrogen-bond acceptors (Lipinski definition) is 2. The smallest absolute Gasteiger partial charge is 0.258 e. The van der Waals surface area contributed by atoms with Gasteiger partial charge in [0.05, 0.1) is 5.57 Å². The summed E-state index contributed by atoms with van der Waals surface area (Å²) in [6.07, 6.45) is 1.89. The van der Waals surface area contributed by atoms with E-state index in [9.17, 15) is 18.4 Å². The van der Waals surface area contributed by atoms with Gasteiger partial charge < -0.3 is 0 Å². The fourth-order valence-corrected chi connectivity index (χ4v) is 2.65. The summed E-state index contributed by atoms with van der Waals surface area (Å²) in [6.45, 7) is 9.47. The third-order valence-electron chi connectivity index (χ3n) is 4.06. The van der Waals surface area contributed by atoms with Crippen molar-refractivity contribution >= 4 is 23.5 Å². The van der Waals surface area contributed by atoms with Gasteiger partial charge in [-0.25, -0.2) is 8.78 Å². The lowest BCUT2D eigenvalue weighted by Crippen LogP contribution is -2.32. The van der Waals surface area contributed by atoms with E-state index in [1.807, 2.05) is 32.9 Å². The van der Waals surface area contributed by atoms with E-state index in [4.69, 9.17) is 0 Å². The SMILES string of the molecule is C=C(CC(C)C)C(=O)NC(=O)/C(=C/c1ccc(C)cc1)c1ccc(F)cc1F. The number of hydrogen-bond donors (Lipinski definition) is 1. The fourth-order valence-electron chi connectivity index (χ4n) is 2.65. The summed E-state index contributed by atoms with van der Waals surface area (Å²) in [4.78, 5) is 25.0. The normalized spacial score (nSPS) is 11.4. The molecule has 0 aliphatic heterocycles. The van der Waals surface area contributed by atoms with Crippen molar-refractivity contribution in [2.45, 2.75) is 27.2 Å². The van der Waals surface area contributed by atoms with Crippen LogP contribution in [0.25, 0.3) is 11.6 Å². The van der Waals surface area contributed by atoms with Gasteiger partial charge in [0.15, 0.2) is 0 Å². The number of nitrogens with one attached hydrogen (secondary N) is 1. The van der Waals surface area contributed by atoms with Gasteiger partial charge in [-0.3, -0.25) is 14.9 Å². The Morgan fingerprint density at radius 1 is 1.07 bits per heavy atom. The van der Waals surface area contributed by atoms with E-state index < -0.39 is 23.4 Å². The lowest BCUT2D eigenvalue weighted by Gasteiger charge is -2.12. The van der Waals surface area contributed by atoms with Gasteiger partial charge in [-0.1, -0.05) is 50.3 Å². The minimum atomic E-state index is -0.887. The zero-order chi connectivity index (χ0) is 20.8. The van der Waals surface area contributed by atoms with E-state index in [1.165, 1.54) is 12.1 Å². The topological polar surface area (TPSA) is 46.2 Å². The highest BCUT2D eigenvalue weighted by Gasteiger charge is 2.20. The molecule has 0 heterocycles. The number of imide groups is 1. The van der Waals surface area contributed by atoms with Crippen LogP contribution in [0.4, 0.5) is 8.78 Å². The molecule has 2 aromatic rings. The van der Waals surface area contributed by atoms with Crippen molar-refractivity contribution in [1.82, 2.24) is 5.32 Å². The summed E-state index contributed by atoms with van der Waals surface area (Å²) in [5.74, 6) is -2.83. The maximum Gasteiger partial charge on any atom is 0.258 e. The number of benzene rings is 2. The summed E-state index contributed by atoms with van der Waals surface area (Å²) >= 11 is 0. The van der Waals surface area contributed by atoms with Crippen LogP contribution in [0.2, 0.25) is 0 Å². The molecular formula is C23H23F2NO2. The Morgan fingerprint density at radius 2 is 1.71 bits per heavy atom. The first-order valence-corrected chi connectivity index (χ1v) is 8.94. The number of carbonyl (C=O) groups is 2. The Morgan fingerprint density at radius 3 is 2.29 bits per heavy atom. The molecule has 0 aromatic heterocycles. The monoisotopic (exact) mass is 383 g/mol. The molecule has 146 valence electrons. The Bertz CT molecular complexity index is 928. The second kappa shape index (κ2) is 9.22. The number of rotatable bonds is 6. The Hall–Kier alpha value is -3.08. The van der Waals surface area contributed by atoms with Gasteiger partial charge >= 0.3 is 0 Å². The highest BCUT2D eigenvalue weighted by molar-refractivity contribution is 6.28. The second-order valence-electron chi connectivity index (χ2n) is 7.08. The molecule has 0 fully saturated rings. The van der Waals surface area contributed by atoms with Crippen LogP contribution in [0.15, 0.2) is 54.6 Å². The zero-order valence-corrected chi connectivity index (χ0v) is 16.2. The Kier molecular flexibility index (Phi) is 6.99. The van der Waals surface area contributed by atoms with Crippen LogP contribution in [0, 0.1) is 24.5 Å². The highest BCUT2D eigenvalue weighted by Crippen LogP contribution is 2.23. The van der Waals surface area contributed by atoms with Crippen molar-refractivity contribution in [3.8, 4) is 0 Å². The molecule has 0 saturated carbocycles. The van der Waals surface area contributed by atoms with Crippen molar-refractivity contribution in [2.24, 2.45) is 5.92 Å². The summed E-state index contributed by atoms with van der Waals surface area (Å²) in [5, 5.41) is 2.25. The van der Waals surface area contributed by atoms with Crippen molar-refractivity contribution in [1.29, 1.82) is 0 Å². The van der Waals surface area contributed by atoms with Crippen LogP contribution < -0.4 is 5.32 Å².